The highest BCUT2D eigenvalue weighted by Gasteiger charge is 2.17. The van der Waals surface area contributed by atoms with Gasteiger partial charge in [0.1, 0.15) is 6.17 Å². The highest BCUT2D eigenvalue weighted by atomic mass is 17.0. The molecular formula is C24H50N2O5. The minimum Gasteiger partial charge on any atom is -0.394 e. The minimum absolute atomic E-state index is 0.0487. The summed E-state index contributed by atoms with van der Waals surface area (Å²) in [5, 5.41) is 21.7. The summed E-state index contributed by atoms with van der Waals surface area (Å²) in [5.74, 6) is -0.0487. The van der Waals surface area contributed by atoms with Gasteiger partial charge in [0.05, 0.1) is 26.4 Å². The van der Waals surface area contributed by atoms with Gasteiger partial charge in [-0.15, -0.1) is 0 Å². The lowest BCUT2D eigenvalue weighted by Gasteiger charge is -2.27. The van der Waals surface area contributed by atoms with E-state index in [1.54, 1.807) is 6.92 Å². The maximum Gasteiger partial charge on any atom is 0.221 e. The second-order valence-electron chi connectivity index (χ2n) is 8.34. The summed E-state index contributed by atoms with van der Waals surface area (Å²) in [6.45, 7) is 3.81. The van der Waals surface area contributed by atoms with E-state index >= 15 is 0 Å². The van der Waals surface area contributed by atoms with Crippen LogP contribution in [0.1, 0.15) is 117 Å². The van der Waals surface area contributed by atoms with Crippen molar-refractivity contribution < 1.29 is 24.7 Å². The molecule has 0 aliphatic heterocycles. The molecule has 0 fully saturated rings. The topological polar surface area (TPSA) is 91.3 Å². The molecule has 0 saturated heterocycles. The van der Waals surface area contributed by atoms with Gasteiger partial charge in [-0.3, -0.25) is 14.5 Å². The largest absolute Gasteiger partial charge is 0.394 e. The monoisotopic (exact) mass is 446 g/mol. The summed E-state index contributed by atoms with van der Waals surface area (Å²) in [5.41, 5.74) is 0. The van der Waals surface area contributed by atoms with Crippen LogP contribution in [0.2, 0.25) is 0 Å². The molecule has 186 valence electrons. The molecule has 0 aromatic rings. The molecule has 0 radical (unpaired) electrons. The van der Waals surface area contributed by atoms with Crippen LogP contribution in [0.5, 0.6) is 0 Å². The standard InChI is InChI=1S/C24H50N2O5/c1-3-4-5-6-7-8-9-10-11-12-13-14-15-16-17-18-24(29)25-23(2)26(30-21-19-27)31-22-20-28/h23,27-28H,3-22H2,1-2H3,(H,25,29). The van der Waals surface area contributed by atoms with Gasteiger partial charge in [0.15, 0.2) is 0 Å². The fourth-order valence-electron chi connectivity index (χ4n) is 3.54. The van der Waals surface area contributed by atoms with E-state index in [-0.39, 0.29) is 32.3 Å². The minimum atomic E-state index is -0.498. The molecule has 0 spiro atoms. The molecule has 0 aliphatic carbocycles. The molecule has 0 rings (SSSR count). The van der Waals surface area contributed by atoms with Crippen molar-refractivity contribution in [1.82, 2.24) is 10.5 Å². The van der Waals surface area contributed by atoms with Gasteiger partial charge < -0.3 is 15.5 Å². The molecule has 0 aromatic carbocycles. The van der Waals surface area contributed by atoms with Gasteiger partial charge in [-0.25, -0.2) is 0 Å². The van der Waals surface area contributed by atoms with E-state index in [9.17, 15) is 4.79 Å². The maximum absolute atomic E-state index is 12.1. The third-order valence-corrected chi connectivity index (χ3v) is 5.31. The highest BCUT2D eigenvalue weighted by molar-refractivity contribution is 5.76. The first kappa shape index (κ1) is 30.3. The Balaban J connectivity index is 3.54. The molecule has 31 heavy (non-hydrogen) atoms. The third kappa shape index (κ3) is 20.9. The smallest absolute Gasteiger partial charge is 0.221 e. The summed E-state index contributed by atoms with van der Waals surface area (Å²) >= 11 is 0. The average molecular weight is 447 g/mol. The maximum atomic E-state index is 12.1. The molecular weight excluding hydrogens is 396 g/mol. The van der Waals surface area contributed by atoms with E-state index in [4.69, 9.17) is 19.9 Å². The number of nitrogens with one attached hydrogen (secondary N) is 1. The first-order valence-electron chi connectivity index (χ1n) is 12.7. The molecule has 3 N–H and O–H groups in total. The number of carbonyl (C=O) groups excluding carboxylic acids is 1. The van der Waals surface area contributed by atoms with Crippen LogP contribution in [0.4, 0.5) is 0 Å². The van der Waals surface area contributed by atoms with E-state index in [1.165, 1.54) is 83.5 Å². The molecule has 0 bridgehead atoms. The van der Waals surface area contributed by atoms with Crippen molar-refractivity contribution in [2.24, 2.45) is 0 Å². The summed E-state index contributed by atoms with van der Waals surface area (Å²) in [4.78, 5) is 22.5. The number of nitrogens with zero attached hydrogens (tertiary/aromatic N) is 1. The van der Waals surface area contributed by atoms with Crippen LogP contribution in [-0.2, 0) is 14.5 Å². The van der Waals surface area contributed by atoms with Crippen LogP contribution in [0.25, 0.3) is 0 Å². The molecule has 0 aliphatic rings. The van der Waals surface area contributed by atoms with Crippen molar-refractivity contribution >= 4 is 5.91 Å². The summed E-state index contributed by atoms with van der Waals surface area (Å²) in [6.07, 6.45) is 19.5. The molecule has 0 aromatic heterocycles. The molecule has 7 heteroatoms. The van der Waals surface area contributed by atoms with Crippen molar-refractivity contribution in [1.29, 1.82) is 0 Å². The Morgan fingerprint density at radius 2 is 1.13 bits per heavy atom. The zero-order valence-corrected chi connectivity index (χ0v) is 20.3. The molecule has 1 amide bonds. The summed E-state index contributed by atoms with van der Waals surface area (Å²) in [7, 11) is 0. The second-order valence-corrected chi connectivity index (χ2v) is 8.34. The number of aliphatic hydroxyl groups is 2. The van der Waals surface area contributed by atoms with Crippen molar-refractivity contribution in [3.05, 3.63) is 0 Å². The molecule has 0 heterocycles. The quantitative estimate of drug-likeness (QED) is 0.111. The Hall–Kier alpha value is -0.730. The van der Waals surface area contributed by atoms with E-state index in [1.807, 2.05) is 0 Å². The molecule has 0 saturated carbocycles. The lowest BCUT2D eigenvalue weighted by molar-refractivity contribution is -0.391. The number of carbonyl (C=O) groups is 1. The van der Waals surface area contributed by atoms with Gasteiger partial charge in [-0.05, 0) is 18.6 Å². The van der Waals surface area contributed by atoms with Gasteiger partial charge in [-0.1, -0.05) is 96.8 Å². The van der Waals surface area contributed by atoms with Gasteiger partial charge >= 0.3 is 0 Å². The number of aliphatic hydroxyl groups excluding tert-OH is 2. The van der Waals surface area contributed by atoms with Crippen LogP contribution in [0, 0.1) is 0 Å². The number of amides is 1. The SMILES string of the molecule is CCCCCCCCCCCCCCCCCC(=O)NC(C)N(OCCO)OCCO. The Kier molecular flexibility index (Phi) is 23.4. The normalized spacial score (nSPS) is 12.4. The Morgan fingerprint density at radius 3 is 1.52 bits per heavy atom. The fourth-order valence-corrected chi connectivity index (χ4v) is 3.54. The summed E-state index contributed by atoms with van der Waals surface area (Å²) in [6, 6.07) is 0. The number of hydrogen-bond acceptors (Lipinski definition) is 6. The van der Waals surface area contributed by atoms with Crippen molar-refractivity contribution in [3.63, 3.8) is 0 Å². The van der Waals surface area contributed by atoms with Gasteiger partial charge in [0.25, 0.3) is 0 Å². The van der Waals surface area contributed by atoms with E-state index in [0.717, 1.165) is 18.1 Å². The van der Waals surface area contributed by atoms with Crippen LogP contribution in [0.3, 0.4) is 0 Å². The van der Waals surface area contributed by atoms with Crippen molar-refractivity contribution in [2.75, 3.05) is 26.4 Å². The Labute approximate surface area is 190 Å². The predicted molar refractivity (Wildman–Crippen MR) is 125 cm³/mol. The van der Waals surface area contributed by atoms with Crippen LogP contribution in [0.15, 0.2) is 0 Å². The van der Waals surface area contributed by atoms with E-state index < -0.39 is 6.17 Å². The first-order chi connectivity index (χ1) is 15.2. The zero-order chi connectivity index (χ0) is 23.0. The Bertz CT molecular complexity index is 377. The van der Waals surface area contributed by atoms with Crippen LogP contribution >= 0.6 is 0 Å². The number of hydroxylamine groups is 2. The van der Waals surface area contributed by atoms with E-state index in [2.05, 4.69) is 12.2 Å². The summed E-state index contributed by atoms with van der Waals surface area (Å²) < 4.78 is 0. The molecule has 7 nitrogen and oxygen atoms in total. The van der Waals surface area contributed by atoms with Gasteiger partial charge in [-0.2, -0.15) is 0 Å². The number of rotatable bonds is 24. The third-order valence-electron chi connectivity index (χ3n) is 5.31. The zero-order valence-electron chi connectivity index (χ0n) is 20.3. The lowest BCUT2D eigenvalue weighted by Crippen LogP contribution is -2.46. The van der Waals surface area contributed by atoms with Crippen LogP contribution < -0.4 is 5.32 Å². The fraction of sp³-hybridized carbons (Fsp3) is 0.958. The van der Waals surface area contributed by atoms with Gasteiger partial charge in [0, 0.05) is 6.42 Å². The van der Waals surface area contributed by atoms with Crippen LogP contribution in [-0.4, -0.2) is 53.9 Å². The molecule has 1 atom stereocenters. The van der Waals surface area contributed by atoms with E-state index in [0.29, 0.717) is 6.42 Å². The predicted octanol–water partition coefficient (Wildman–Crippen LogP) is 4.86. The number of unbranched alkanes of at least 4 members (excludes halogenated alkanes) is 14. The average Bonchev–Trinajstić information content (AvgIpc) is 2.76. The lowest BCUT2D eigenvalue weighted by atomic mass is 10.0. The highest BCUT2D eigenvalue weighted by Crippen LogP contribution is 2.13. The number of hydrogen-bond donors (Lipinski definition) is 3. The first-order valence-corrected chi connectivity index (χ1v) is 12.7. The van der Waals surface area contributed by atoms with Crippen molar-refractivity contribution in [2.45, 2.75) is 123 Å². The van der Waals surface area contributed by atoms with Gasteiger partial charge in [0.2, 0.25) is 5.91 Å². The van der Waals surface area contributed by atoms with Crippen molar-refractivity contribution in [3.8, 4) is 0 Å². The Morgan fingerprint density at radius 1 is 0.742 bits per heavy atom. The second kappa shape index (κ2) is 23.9. The molecule has 1 unspecified atom stereocenters.